The van der Waals surface area contributed by atoms with E-state index >= 15 is 0 Å². The SMILES string of the molecule is CCn1nc2ccc(CCN)cc2c1C. The van der Waals surface area contributed by atoms with Crippen molar-refractivity contribution in [3.8, 4) is 0 Å². The van der Waals surface area contributed by atoms with Gasteiger partial charge in [-0.3, -0.25) is 4.68 Å². The molecule has 1 aromatic carbocycles. The van der Waals surface area contributed by atoms with Crippen LogP contribution in [0.1, 0.15) is 18.2 Å². The zero-order chi connectivity index (χ0) is 10.8. The quantitative estimate of drug-likeness (QED) is 0.827. The van der Waals surface area contributed by atoms with Gasteiger partial charge < -0.3 is 5.73 Å². The van der Waals surface area contributed by atoms with Crippen molar-refractivity contribution in [3.63, 3.8) is 0 Å². The lowest BCUT2D eigenvalue weighted by atomic mass is 10.1. The molecule has 0 amide bonds. The summed E-state index contributed by atoms with van der Waals surface area (Å²) in [6, 6.07) is 6.40. The van der Waals surface area contributed by atoms with Crippen molar-refractivity contribution in [2.75, 3.05) is 6.54 Å². The zero-order valence-corrected chi connectivity index (χ0v) is 9.33. The van der Waals surface area contributed by atoms with Gasteiger partial charge in [-0.15, -0.1) is 0 Å². The van der Waals surface area contributed by atoms with Crippen LogP contribution in [0.3, 0.4) is 0 Å². The molecule has 1 aromatic heterocycles. The number of benzene rings is 1. The summed E-state index contributed by atoms with van der Waals surface area (Å²) in [5, 5.41) is 5.77. The monoisotopic (exact) mass is 203 g/mol. The Kier molecular flexibility index (Phi) is 2.73. The maximum absolute atomic E-state index is 5.55. The van der Waals surface area contributed by atoms with Gasteiger partial charge in [-0.25, -0.2) is 0 Å². The minimum absolute atomic E-state index is 0.701. The summed E-state index contributed by atoms with van der Waals surface area (Å²) in [5.41, 5.74) is 9.17. The van der Waals surface area contributed by atoms with Crippen LogP contribution >= 0.6 is 0 Å². The highest BCUT2D eigenvalue weighted by atomic mass is 15.3. The molecule has 0 fully saturated rings. The van der Waals surface area contributed by atoms with Gasteiger partial charge in [0, 0.05) is 17.6 Å². The molecular weight excluding hydrogens is 186 g/mol. The van der Waals surface area contributed by atoms with E-state index in [1.54, 1.807) is 0 Å². The molecule has 0 aliphatic carbocycles. The molecular formula is C12H17N3. The van der Waals surface area contributed by atoms with Crippen molar-refractivity contribution in [3.05, 3.63) is 29.5 Å². The maximum atomic E-state index is 5.55. The molecule has 15 heavy (non-hydrogen) atoms. The Labute approximate surface area is 89.9 Å². The molecule has 3 heteroatoms. The number of aromatic nitrogens is 2. The van der Waals surface area contributed by atoms with E-state index in [2.05, 4.69) is 37.1 Å². The molecule has 1 heterocycles. The fourth-order valence-electron chi connectivity index (χ4n) is 1.93. The number of aryl methyl sites for hydroxylation is 2. The van der Waals surface area contributed by atoms with Crippen LogP contribution in [0.4, 0.5) is 0 Å². The summed E-state index contributed by atoms with van der Waals surface area (Å²) in [6.07, 6.45) is 0.937. The standard InChI is InChI=1S/C12H17N3/c1-3-15-9(2)11-8-10(6-7-13)4-5-12(11)14-15/h4-5,8H,3,6-7,13H2,1-2H3. The van der Waals surface area contributed by atoms with Gasteiger partial charge in [0.05, 0.1) is 5.52 Å². The smallest absolute Gasteiger partial charge is 0.0926 e. The molecule has 2 aromatic rings. The zero-order valence-electron chi connectivity index (χ0n) is 9.33. The molecule has 0 saturated heterocycles. The highest BCUT2D eigenvalue weighted by molar-refractivity contribution is 5.82. The Balaban J connectivity index is 2.54. The van der Waals surface area contributed by atoms with Gasteiger partial charge in [-0.2, -0.15) is 5.10 Å². The molecule has 2 rings (SSSR count). The minimum Gasteiger partial charge on any atom is -0.330 e. The molecule has 0 aliphatic heterocycles. The fourth-order valence-corrected chi connectivity index (χ4v) is 1.93. The number of nitrogens with zero attached hydrogens (tertiary/aromatic N) is 2. The second kappa shape index (κ2) is 4.03. The average molecular weight is 203 g/mol. The van der Waals surface area contributed by atoms with E-state index < -0.39 is 0 Å². The largest absolute Gasteiger partial charge is 0.330 e. The predicted molar refractivity (Wildman–Crippen MR) is 62.9 cm³/mol. The topological polar surface area (TPSA) is 43.8 Å². The molecule has 0 bridgehead atoms. The number of hydrogen-bond donors (Lipinski definition) is 1. The van der Waals surface area contributed by atoms with Gasteiger partial charge in [0.1, 0.15) is 0 Å². The van der Waals surface area contributed by atoms with Gasteiger partial charge in [0.25, 0.3) is 0 Å². The van der Waals surface area contributed by atoms with Gasteiger partial charge in [0.2, 0.25) is 0 Å². The number of nitrogens with two attached hydrogens (primary N) is 1. The van der Waals surface area contributed by atoms with Crippen LogP contribution in [0.2, 0.25) is 0 Å². The van der Waals surface area contributed by atoms with E-state index in [4.69, 9.17) is 5.73 Å². The average Bonchev–Trinajstić information content (AvgIpc) is 2.56. The molecule has 80 valence electrons. The van der Waals surface area contributed by atoms with Crippen LogP contribution in [0.5, 0.6) is 0 Å². The highest BCUT2D eigenvalue weighted by Crippen LogP contribution is 2.19. The van der Waals surface area contributed by atoms with Crippen molar-refractivity contribution >= 4 is 10.9 Å². The molecule has 2 N–H and O–H groups in total. The Bertz CT molecular complexity index is 471. The maximum Gasteiger partial charge on any atom is 0.0926 e. The van der Waals surface area contributed by atoms with Crippen LogP contribution in [0.25, 0.3) is 10.9 Å². The van der Waals surface area contributed by atoms with Gasteiger partial charge in [-0.05, 0) is 44.5 Å². The first-order chi connectivity index (χ1) is 7.26. The van der Waals surface area contributed by atoms with Crippen molar-refractivity contribution in [2.45, 2.75) is 26.8 Å². The highest BCUT2D eigenvalue weighted by Gasteiger charge is 2.06. The third-order valence-corrected chi connectivity index (χ3v) is 2.80. The van der Waals surface area contributed by atoms with Crippen molar-refractivity contribution < 1.29 is 0 Å². The lowest BCUT2D eigenvalue weighted by Gasteiger charge is -1.99. The molecule has 0 spiro atoms. The van der Waals surface area contributed by atoms with E-state index in [0.717, 1.165) is 18.5 Å². The molecule has 0 saturated carbocycles. The van der Waals surface area contributed by atoms with Crippen LogP contribution in [0.15, 0.2) is 18.2 Å². The number of hydrogen-bond acceptors (Lipinski definition) is 2. The first kappa shape index (κ1) is 10.2. The van der Waals surface area contributed by atoms with Gasteiger partial charge in [-0.1, -0.05) is 6.07 Å². The van der Waals surface area contributed by atoms with Crippen molar-refractivity contribution in [1.29, 1.82) is 0 Å². The van der Waals surface area contributed by atoms with Crippen LogP contribution in [0, 0.1) is 6.92 Å². The van der Waals surface area contributed by atoms with E-state index in [1.807, 2.05) is 4.68 Å². The normalized spacial score (nSPS) is 11.1. The summed E-state index contributed by atoms with van der Waals surface area (Å²) in [6.45, 7) is 5.85. The Hall–Kier alpha value is -1.35. The lowest BCUT2D eigenvalue weighted by molar-refractivity contribution is 0.647. The number of fused-ring (bicyclic) bond motifs is 1. The molecule has 0 atom stereocenters. The van der Waals surface area contributed by atoms with E-state index in [0.29, 0.717) is 6.54 Å². The van der Waals surface area contributed by atoms with Crippen LogP contribution in [-0.2, 0) is 13.0 Å². The number of rotatable bonds is 3. The van der Waals surface area contributed by atoms with E-state index in [-0.39, 0.29) is 0 Å². The third-order valence-electron chi connectivity index (χ3n) is 2.80. The van der Waals surface area contributed by atoms with Crippen molar-refractivity contribution in [1.82, 2.24) is 9.78 Å². The molecule has 0 aliphatic rings. The molecule has 3 nitrogen and oxygen atoms in total. The fraction of sp³-hybridized carbons (Fsp3) is 0.417. The summed E-state index contributed by atoms with van der Waals surface area (Å²) in [5.74, 6) is 0. The molecule has 0 radical (unpaired) electrons. The van der Waals surface area contributed by atoms with Gasteiger partial charge in [0.15, 0.2) is 0 Å². The summed E-state index contributed by atoms with van der Waals surface area (Å²) >= 11 is 0. The third kappa shape index (κ3) is 1.75. The Morgan fingerprint density at radius 3 is 2.87 bits per heavy atom. The molecule has 0 unspecified atom stereocenters. The minimum atomic E-state index is 0.701. The predicted octanol–water partition coefficient (Wildman–Crippen LogP) is 1.87. The second-order valence-corrected chi connectivity index (χ2v) is 3.79. The summed E-state index contributed by atoms with van der Waals surface area (Å²) in [4.78, 5) is 0. The van der Waals surface area contributed by atoms with E-state index in [9.17, 15) is 0 Å². The lowest BCUT2D eigenvalue weighted by Crippen LogP contribution is -2.02. The van der Waals surface area contributed by atoms with Crippen molar-refractivity contribution in [2.24, 2.45) is 5.73 Å². The Morgan fingerprint density at radius 2 is 2.20 bits per heavy atom. The van der Waals surface area contributed by atoms with Crippen LogP contribution in [-0.4, -0.2) is 16.3 Å². The summed E-state index contributed by atoms with van der Waals surface area (Å²) in [7, 11) is 0. The second-order valence-electron chi connectivity index (χ2n) is 3.79. The Morgan fingerprint density at radius 1 is 1.40 bits per heavy atom. The van der Waals surface area contributed by atoms with Gasteiger partial charge >= 0.3 is 0 Å². The van der Waals surface area contributed by atoms with E-state index in [1.165, 1.54) is 16.6 Å². The first-order valence-electron chi connectivity index (χ1n) is 5.42. The van der Waals surface area contributed by atoms with Crippen LogP contribution < -0.4 is 5.73 Å². The first-order valence-corrected chi connectivity index (χ1v) is 5.42. The summed E-state index contributed by atoms with van der Waals surface area (Å²) < 4.78 is 2.04.